The number of carbonyl (C=O) groups excluding carboxylic acids is 2. The van der Waals surface area contributed by atoms with E-state index in [4.69, 9.17) is 0 Å². The Hall–Kier alpha value is -2.63. The minimum atomic E-state index is -0.465. The van der Waals surface area contributed by atoms with Gasteiger partial charge in [0.15, 0.2) is 0 Å². The SMILES string of the molecule is O=C(NC1CCCN(Cc2ccccc2)C1=O)c1ccn[nH]1. The van der Waals surface area contributed by atoms with Crippen LogP contribution in [0.1, 0.15) is 28.9 Å². The third-order valence-electron chi connectivity index (χ3n) is 3.80. The number of aromatic nitrogens is 2. The summed E-state index contributed by atoms with van der Waals surface area (Å²) in [6.07, 6.45) is 3.07. The second-order valence-electron chi connectivity index (χ2n) is 5.38. The molecule has 2 aromatic rings. The number of likely N-dealkylation sites (tertiary alicyclic amines) is 1. The summed E-state index contributed by atoms with van der Waals surface area (Å²) < 4.78 is 0. The number of piperidine rings is 1. The molecule has 1 aliphatic heterocycles. The lowest BCUT2D eigenvalue weighted by atomic mass is 10.0. The molecule has 0 saturated carbocycles. The molecule has 1 atom stereocenters. The molecule has 114 valence electrons. The van der Waals surface area contributed by atoms with Crippen LogP contribution in [0.4, 0.5) is 0 Å². The molecule has 1 saturated heterocycles. The van der Waals surface area contributed by atoms with Crippen LogP contribution in [-0.2, 0) is 11.3 Å². The van der Waals surface area contributed by atoms with E-state index in [1.807, 2.05) is 30.3 Å². The second kappa shape index (κ2) is 6.43. The average molecular weight is 298 g/mol. The minimum Gasteiger partial charge on any atom is -0.339 e. The zero-order valence-electron chi connectivity index (χ0n) is 12.2. The van der Waals surface area contributed by atoms with Crippen molar-refractivity contribution in [3.05, 3.63) is 53.9 Å². The van der Waals surface area contributed by atoms with Crippen LogP contribution >= 0.6 is 0 Å². The van der Waals surface area contributed by atoms with Crippen LogP contribution in [0, 0.1) is 0 Å². The van der Waals surface area contributed by atoms with Gasteiger partial charge in [0.25, 0.3) is 5.91 Å². The predicted octanol–water partition coefficient (Wildman–Crippen LogP) is 1.33. The van der Waals surface area contributed by atoms with Crippen LogP contribution in [0.5, 0.6) is 0 Å². The van der Waals surface area contributed by atoms with Gasteiger partial charge in [0, 0.05) is 19.3 Å². The Bertz CT molecular complexity index is 639. The first-order valence-corrected chi connectivity index (χ1v) is 7.37. The molecule has 1 aromatic heterocycles. The first-order chi connectivity index (χ1) is 10.7. The molecule has 0 bridgehead atoms. The number of rotatable bonds is 4. The number of hydrogen-bond donors (Lipinski definition) is 2. The van der Waals surface area contributed by atoms with Gasteiger partial charge in [-0.25, -0.2) is 0 Å². The molecule has 0 aliphatic carbocycles. The summed E-state index contributed by atoms with van der Waals surface area (Å²) in [6, 6.07) is 11.0. The molecule has 22 heavy (non-hydrogen) atoms. The highest BCUT2D eigenvalue weighted by Crippen LogP contribution is 2.15. The zero-order chi connectivity index (χ0) is 15.4. The number of benzene rings is 1. The van der Waals surface area contributed by atoms with Crippen molar-refractivity contribution in [3.63, 3.8) is 0 Å². The first kappa shape index (κ1) is 14.3. The molecule has 1 unspecified atom stereocenters. The maximum atomic E-state index is 12.5. The van der Waals surface area contributed by atoms with Gasteiger partial charge < -0.3 is 10.2 Å². The average Bonchev–Trinajstić information content (AvgIpc) is 3.07. The molecule has 2 heterocycles. The standard InChI is InChI=1S/C16H18N4O2/c21-15(13-8-9-17-19-13)18-14-7-4-10-20(16(14)22)11-12-5-2-1-3-6-12/h1-3,5-6,8-9,14H,4,7,10-11H2,(H,17,19)(H,18,21). The fourth-order valence-electron chi connectivity index (χ4n) is 2.65. The maximum Gasteiger partial charge on any atom is 0.269 e. The third-order valence-corrected chi connectivity index (χ3v) is 3.80. The van der Waals surface area contributed by atoms with Crippen molar-refractivity contribution in [3.8, 4) is 0 Å². The number of H-pyrrole nitrogens is 1. The normalized spacial score (nSPS) is 18.3. The van der Waals surface area contributed by atoms with E-state index in [0.29, 0.717) is 18.7 Å². The number of amides is 2. The highest BCUT2D eigenvalue weighted by atomic mass is 16.2. The van der Waals surface area contributed by atoms with Crippen LogP contribution in [0.3, 0.4) is 0 Å². The summed E-state index contributed by atoms with van der Waals surface area (Å²) in [5.74, 6) is -0.319. The Morgan fingerprint density at radius 3 is 2.86 bits per heavy atom. The Morgan fingerprint density at radius 1 is 1.32 bits per heavy atom. The van der Waals surface area contributed by atoms with Crippen molar-refractivity contribution < 1.29 is 9.59 Å². The van der Waals surface area contributed by atoms with Crippen LogP contribution in [0.15, 0.2) is 42.6 Å². The molecule has 1 fully saturated rings. The molecule has 0 spiro atoms. The van der Waals surface area contributed by atoms with E-state index in [9.17, 15) is 9.59 Å². The summed E-state index contributed by atoms with van der Waals surface area (Å²) in [4.78, 5) is 26.4. The molecule has 3 rings (SSSR count). The Kier molecular flexibility index (Phi) is 4.18. The number of nitrogens with one attached hydrogen (secondary N) is 2. The van der Waals surface area contributed by atoms with E-state index in [1.165, 1.54) is 6.20 Å². The van der Waals surface area contributed by atoms with E-state index in [0.717, 1.165) is 18.5 Å². The lowest BCUT2D eigenvalue weighted by Gasteiger charge is -2.32. The molecular formula is C16H18N4O2. The fourth-order valence-corrected chi connectivity index (χ4v) is 2.65. The van der Waals surface area contributed by atoms with Gasteiger partial charge in [0.05, 0.1) is 0 Å². The van der Waals surface area contributed by atoms with E-state index in [-0.39, 0.29) is 11.8 Å². The predicted molar refractivity (Wildman–Crippen MR) is 80.9 cm³/mol. The summed E-state index contributed by atoms with van der Waals surface area (Å²) in [6.45, 7) is 1.31. The van der Waals surface area contributed by atoms with Gasteiger partial charge in [-0.15, -0.1) is 0 Å². The van der Waals surface area contributed by atoms with Crippen molar-refractivity contribution in [2.75, 3.05) is 6.54 Å². The van der Waals surface area contributed by atoms with E-state index in [2.05, 4.69) is 15.5 Å². The number of carbonyl (C=O) groups is 2. The monoisotopic (exact) mass is 298 g/mol. The summed E-state index contributed by atoms with van der Waals surface area (Å²) in [7, 11) is 0. The molecule has 1 aliphatic rings. The minimum absolute atomic E-state index is 0.0250. The topological polar surface area (TPSA) is 78.1 Å². The lowest BCUT2D eigenvalue weighted by molar-refractivity contribution is -0.136. The Morgan fingerprint density at radius 2 is 2.14 bits per heavy atom. The molecule has 6 heteroatoms. The van der Waals surface area contributed by atoms with E-state index >= 15 is 0 Å². The van der Waals surface area contributed by atoms with Gasteiger partial charge in [-0.3, -0.25) is 14.7 Å². The highest BCUT2D eigenvalue weighted by molar-refractivity contribution is 5.96. The summed E-state index contributed by atoms with van der Waals surface area (Å²) in [5.41, 5.74) is 1.46. The lowest BCUT2D eigenvalue weighted by Crippen LogP contribution is -2.51. The van der Waals surface area contributed by atoms with Crippen LogP contribution in [0.2, 0.25) is 0 Å². The van der Waals surface area contributed by atoms with E-state index in [1.54, 1.807) is 11.0 Å². The van der Waals surface area contributed by atoms with Gasteiger partial charge in [-0.2, -0.15) is 5.10 Å². The molecule has 0 radical (unpaired) electrons. The van der Waals surface area contributed by atoms with Crippen molar-refractivity contribution in [1.29, 1.82) is 0 Å². The summed E-state index contributed by atoms with van der Waals surface area (Å²) in [5, 5.41) is 9.14. The number of nitrogens with zero attached hydrogens (tertiary/aromatic N) is 2. The Balaban J connectivity index is 1.64. The van der Waals surface area contributed by atoms with Crippen molar-refractivity contribution >= 4 is 11.8 Å². The van der Waals surface area contributed by atoms with Crippen LogP contribution in [0.25, 0.3) is 0 Å². The van der Waals surface area contributed by atoms with Crippen molar-refractivity contribution in [2.24, 2.45) is 0 Å². The quantitative estimate of drug-likeness (QED) is 0.894. The molecule has 6 nitrogen and oxygen atoms in total. The smallest absolute Gasteiger partial charge is 0.269 e. The zero-order valence-corrected chi connectivity index (χ0v) is 12.2. The van der Waals surface area contributed by atoms with Crippen molar-refractivity contribution in [1.82, 2.24) is 20.4 Å². The molecule has 2 amide bonds. The first-order valence-electron chi connectivity index (χ1n) is 7.37. The highest BCUT2D eigenvalue weighted by Gasteiger charge is 2.30. The second-order valence-corrected chi connectivity index (χ2v) is 5.38. The van der Waals surface area contributed by atoms with Gasteiger partial charge in [-0.1, -0.05) is 30.3 Å². The van der Waals surface area contributed by atoms with Gasteiger partial charge in [0.2, 0.25) is 5.91 Å². The molecule has 1 aromatic carbocycles. The van der Waals surface area contributed by atoms with Gasteiger partial charge in [-0.05, 0) is 24.5 Å². The maximum absolute atomic E-state index is 12.5. The largest absolute Gasteiger partial charge is 0.339 e. The summed E-state index contributed by atoms with van der Waals surface area (Å²) >= 11 is 0. The fraction of sp³-hybridized carbons (Fsp3) is 0.312. The number of aromatic amines is 1. The molecule has 2 N–H and O–H groups in total. The van der Waals surface area contributed by atoms with E-state index < -0.39 is 6.04 Å². The third kappa shape index (κ3) is 3.16. The number of hydrogen-bond acceptors (Lipinski definition) is 3. The van der Waals surface area contributed by atoms with Crippen LogP contribution < -0.4 is 5.32 Å². The van der Waals surface area contributed by atoms with Crippen LogP contribution in [-0.4, -0.2) is 39.5 Å². The van der Waals surface area contributed by atoms with Gasteiger partial charge in [0.1, 0.15) is 11.7 Å². The molecular weight excluding hydrogens is 280 g/mol. The van der Waals surface area contributed by atoms with Crippen molar-refractivity contribution in [2.45, 2.75) is 25.4 Å². The Labute approximate surface area is 128 Å². The van der Waals surface area contributed by atoms with Gasteiger partial charge >= 0.3 is 0 Å².